The minimum atomic E-state index is -1.31. The van der Waals surface area contributed by atoms with E-state index in [1.54, 1.807) is 0 Å². The SMILES string of the molecule is [2H]C([2H])(CCCCCCCCCCCC)CCC(=O)O. The minimum absolute atomic E-state index is 0.0647. The summed E-state index contributed by atoms with van der Waals surface area (Å²) in [7, 11) is 0. The van der Waals surface area contributed by atoms with E-state index in [0.717, 1.165) is 12.8 Å². The fraction of sp³-hybridized carbons (Fsp3) is 0.938. The third kappa shape index (κ3) is 15.5. The smallest absolute Gasteiger partial charge is 0.303 e. The van der Waals surface area contributed by atoms with E-state index in [9.17, 15) is 4.79 Å². The number of carboxylic acids is 1. The summed E-state index contributed by atoms with van der Waals surface area (Å²) < 4.78 is 15.5. The molecule has 0 aromatic heterocycles. The summed E-state index contributed by atoms with van der Waals surface area (Å²) in [4.78, 5) is 10.4. The van der Waals surface area contributed by atoms with E-state index < -0.39 is 12.3 Å². The zero-order chi connectivity index (χ0) is 15.3. The van der Waals surface area contributed by atoms with Gasteiger partial charge in [0.2, 0.25) is 0 Å². The number of hydrogen-bond donors (Lipinski definition) is 1. The van der Waals surface area contributed by atoms with Crippen molar-refractivity contribution in [1.29, 1.82) is 0 Å². The molecule has 18 heavy (non-hydrogen) atoms. The fourth-order valence-corrected chi connectivity index (χ4v) is 2.06. The van der Waals surface area contributed by atoms with Gasteiger partial charge in [-0.05, 0) is 6.42 Å². The van der Waals surface area contributed by atoms with Crippen molar-refractivity contribution in [2.75, 3.05) is 0 Å². The molecule has 0 atom stereocenters. The van der Waals surface area contributed by atoms with E-state index in [1.807, 2.05) is 0 Å². The molecule has 0 heterocycles. The van der Waals surface area contributed by atoms with Gasteiger partial charge in [-0.15, -0.1) is 0 Å². The van der Waals surface area contributed by atoms with E-state index >= 15 is 0 Å². The molecule has 0 fully saturated rings. The molecule has 0 saturated carbocycles. The van der Waals surface area contributed by atoms with Crippen molar-refractivity contribution in [2.45, 2.75) is 96.8 Å². The lowest BCUT2D eigenvalue weighted by molar-refractivity contribution is -0.137. The van der Waals surface area contributed by atoms with Gasteiger partial charge in [0.1, 0.15) is 0 Å². The first-order chi connectivity index (χ1) is 9.48. The molecule has 0 aliphatic rings. The number of aliphatic carboxylic acids is 1. The van der Waals surface area contributed by atoms with Gasteiger partial charge >= 0.3 is 5.97 Å². The molecule has 0 rings (SSSR count). The van der Waals surface area contributed by atoms with Crippen LogP contribution in [-0.4, -0.2) is 11.1 Å². The molecule has 0 amide bonds. The van der Waals surface area contributed by atoms with Crippen LogP contribution < -0.4 is 0 Å². The lowest BCUT2D eigenvalue weighted by Gasteiger charge is -2.02. The van der Waals surface area contributed by atoms with Crippen LogP contribution in [0.15, 0.2) is 0 Å². The molecule has 0 aliphatic heterocycles. The summed E-state index contributed by atoms with van der Waals surface area (Å²) in [5, 5.41) is 8.56. The minimum Gasteiger partial charge on any atom is -0.481 e. The second-order valence-corrected chi connectivity index (χ2v) is 5.08. The highest BCUT2D eigenvalue weighted by atomic mass is 16.4. The molecule has 0 aromatic carbocycles. The number of unbranched alkanes of at least 4 members (excludes halogenated alkanes) is 9. The molecule has 0 aromatic rings. The Kier molecular flexibility index (Phi) is 11.2. The van der Waals surface area contributed by atoms with Gasteiger partial charge in [0.05, 0.1) is 0 Å². The molecule has 0 unspecified atom stereocenters. The first kappa shape index (κ1) is 13.9. The Labute approximate surface area is 116 Å². The molecule has 0 spiro atoms. The Balaban J connectivity index is 3.32. The van der Waals surface area contributed by atoms with Crippen LogP contribution in [0.5, 0.6) is 0 Å². The second kappa shape index (κ2) is 14.5. The Morgan fingerprint density at radius 3 is 1.72 bits per heavy atom. The molecule has 2 heteroatoms. The first-order valence-corrected chi connectivity index (χ1v) is 7.70. The number of carbonyl (C=O) groups is 1. The molecule has 0 aliphatic carbocycles. The standard InChI is InChI=1S/C16H32O2/c1-2-3-4-5-6-7-8-9-10-11-12-13-14-15-16(17)18/h2-15H2,1H3,(H,17,18)/i13D2. The van der Waals surface area contributed by atoms with Crippen LogP contribution in [-0.2, 0) is 4.79 Å². The summed E-state index contributed by atoms with van der Waals surface area (Å²) in [6, 6.07) is 0. The predicted molar refractivity (Wildman–Crippen MR) is 77.9 cm³/mol. The molecule has 0 saturated heterocycles. The van der Waals surface area contributed by atoms with Crippen molar-refractivity contribution < 1.29 is 12.6 Å². The molecule has 1 N–H and O–H groups in total. The summed E-state index contributed by atoms with van der Waals surface area (Å²) in [5.41, 5.74) is 0. The normalized spacial score (nSPS) is 13.2. The van der Waals surface area contributed by atoms with E-state index in [1.165, 1.54) is 51.4 Å². The Hall–Kier alpha value is -0.530. The summed E-state index contributed by atoms with van der Waals surface area (Å²) in [6.07, 6.45) is 11.6. The van der Waals surface area contributed by atoms with Gasteiger partial charge in [-0.2, -0.15) is 0 Å². The zero-order valence-corrected chi connectivity index (χ0v) is 12.0. The van der Waals surface area contributed by atoms with Gasteiger partial charge in [-0.1, -0.05) is 83.9 Å². The van der Waals surface area contributed by atoms with Gasteiger partial charge in [-0.25, -0.2) is 0 Å². The molecule has 0 radical (unpaired) electrons. The largest absolute Gasteiger partial charge is 0.481 e. The Morgan fingerprint density at radius 1 is 0.833 bits per heavy atom. The highest BCUT2D eigenvalue weighted by Gasteiger charge is 1.96. The van der Waals surface area contributed by atoms with Crippen molar-refractivity contribution >= 4 is 5.97 Å². The third-order valence-electron chi connectivity index (χ3n) is 3.22. The lowest BCUT2D eigenvalue weighted by atomic mass is 10.0. The second-order valence-electron chi connectivity index (χ2n) is 5.08. The van der Waals surface area contributed by atoms with Gasteiger partial charge in [0.25, 0.3) is 0 Å². The van der Waals surface area contributed by atoms with Gasteiger partial charge in [0.15, 0.2) is 0 Å². The van der Waals surface area contributed by atoms with E-state index in [-0.39, 0.29) is 12.8 Å². The van der Waals surface area contributed by atoms with Crippen LogP contribution >= 0.6 is 0 Å². The van der Waals surface area contributed by atoms with Crippen molar-refractivity contribution in [3.63, 3.8) is 0 Å². The Morgan fingerprint density at radius 2 is 1.28 bits per heavy atom. The average Bonchev–Trinajstić information content (AvgIpc) is 2.39. The molecule has 0 bridgehead atoms. The number of hydrogen-bond acceptors (Lipinski definition) is 1. The molecule has 108 valence electrons. The number of rotatable bonds is 14. The van der Waals surface area contributed by atoms with E-state index in [2.05, 4.69) is 6.92 Å². The maximum atomic E-state index is 10.4. The third-order valence-corrected chi connectivity index (χ3v) is 3.22. The summed E-state index contributed by atoms with van der Waals surface area (Å²) >= 11 is 0. The number of carboxylic acid groups (broad SMARTS) is 1. The highest BCUT2D eigenvalue weighted by Crippen LogP contribution is 2.12. The van der Waals surface area contributed by atoms with Gasteiger partial charge < -0.3 is 5.11 Å². The van der Waals surface area contributed by atoms with Crippen LogP contribution in [0.1, 0.15) is 99.5 Å². The molecule has 2 nitrogen and oxygen atoms in total. The van der Waals surface area contributed by atoms with Crippen LogP contribution in [0.2, 0.25) is 0 Å². The summed E-state index contributed by atoms with van der Waals surface area (Å²) in [6.45, 7) is 2.23. The lowest BCUT2D eigenvalue weighted by Crippen LogP contribution is -1.93. The quantitative estimate of drug-likeness (QED) is 0.415. The van der Waals surface area contributed by atoms with Crippen molar-refractivity contribution in [3.8, 4) is 0 Å². The topological polar surface area (TPSA) is 37.3 Å². The van der Waals surface area contributed by atoms with Crippen molar-refractivity contribution in [1.82, 2.24) is 0 Å². The molecular formula is C16H32O2. The van der Waals surface area contributed by atoms with Crippen LogP contribution in [0.3, 0.4) is 0 Å². The van der Waals surface area contributed by atoms with E-state index in [0.29, 0.717) is 6.42 Å². The maximum absolute atomic E-state index is 10.4. The average molecular weight is 258 g/mol. The van der Waals surface area contributed by atoms with Crippen LogP contribution in [0, 0.1) is 0 Å². The highest BCUT2D eigenvalue weighted by molar-refractivity contribution is 5.66. The molecular weight excluding hydrogens is 224 g/mol. The maximum Gasteiger partial charge on any atom is 0.303 e. The predicted octanol–water partition coefficient (Wildman–Crippen LogP) is 5.55. The zero-order valence-electron chi connectivity index (χ0n) is 14.0. The Bertz CT molecular complexity index is 243. The summed E-state index contributed by atoms with van der Waals surface area (Å²) in [5.74, 6) is -0.906. The van der Waals surface area contributed by atoms with Gasteiger partial charge in [0, 0.05) is 9.16 Å². The van der Waals surface area contributed by atoms with Crippen molar-refractivity contribution in [3.05, 3.63) is 0 Å². The van der Waals surface area contributed by atoms with Gasteiger partial charge in [-0.3, -0.25) is 4.79 Å². The van der Waals surface area contributed by atoms with Crippen molar-refractivity contribution in [2.24, 2.45) is 0 Å². The van der Waals surface area contributed by atoms with Crippen LogP contribution in [0.4, 0.5) is 0 Å². The van der Waals surface area contributed by atoms with Crippen LogP contribution in [0.25, 0.3) is 0 Å². The monoisotopic (exact) mass is 258 g/mol. The first-order valence-electron chi connectivity index (χ1n) is 8.70. The fourth-order valence-electron chi connectivity index (χ4n) is 2.06. The van der Waals surface area contributed by atoms with E-state index in [4.69, 9.17) is 7.85 Å².